The first kappa shape index (κ1) is 31.2. The molecular weight excluding hydrogens is 557 g/mol. The van der Waals surface area contributed by atoms with Crippen molar-refractivity contribution in [3.63, 3.8) is 0 Å². The van der Waals surface area contributed by atoms with Gasteiger partial charge in [0.1, 0.15) is 6.04 Å². The van der Waals surface area contributed by atoms with Gasteiger partial charge in [-0.2, -0.15) is 0 Å². The molecule has 214 valence electrons. The van der Waals surface area contributed by atoms with Crippen LogP contribution in [0.1, 0.15) is 68.6 Å². The van der Waals surface area contributed by atoms with Crippen LogP contribution in [0, 0.1) is 13.8 Å². The van der Waals surface area contributed by atoms with Gasteiger partial charge in [-0.1, -0.05) is 60.7 Å². The predicted molar refractivity (Wildman–Crippen MR) is 159 cm³/mol. The molecule has 1 aliphatic rings. The van der Waals surface area contributed by atoms with E-state index in [9.17, 15) is 18.0 Å². The monoisotopic (exact) mass is 595 g/mol. The van der Waals surface area contributed by atoms with Crippen molar-refractivity contribution in [1.29, 1.82) is 0 Å². The van der Waals surface area contributed by atoms with Crippen molar-refractivity contribution in [3.8, 4) is 0 Å². The maximum atomic E-state index is 13.6. The van der Waals surface area contributed by atoms with Gasteiger partial charge >= 0.3 is 0 Å². The molecule has 39 heavy (non-hydrogen) atoms. The minimum Gasteiger partial charge on any atom is -0.352 e. The molecule has 1 saturated carbocycles. The number of carbonyl (C=O) groups is 2. The molecule has 0 aliphatic heterocycles. The molecule has 1 N–H and O–H groups in total. The molecule has 1 atom stereocenters. The summed E-state index contributed by atoms with van der Waals surface area (Å²) in [6, 6.07) is 10.1. The average Bonchev–Trinajstić information content (AvgIpc) is 2.87. The highest BCUT2D eigenvalue weighted by atomic mass is 35.5. The molecule has 0 bridgehead atoms. The van der Waals surface area contributed by atoms with Crippen molar-refractivity contribution in [3.05, 3.63) is 63.1 Å². The molecule has 7 nitrogen and oxygen atoms in total. The van der Waals surface area contributed by atoms with E-state index in [0.717, 1.165) is 36.8 Å². The van der Waals surface area contributed by atoms with E-state index in [4.69, 9.17) is 23.2 Å². The minimum absolute atomic E-state index is 0.0726. The lowest BCUT2D eigenvalue weighted by Gasteiger charge is -2.32. The summed E-state index contributed by atoms with van der Waals surface area (Å²) in [5.74, 6) is -0.449. The quantitative estimate of drug-likeness (QED) is 0.344. The fraction of sp³-hybridized carbons (Fsp3) is 0.517. The third-order valence-corrected chi connectivity index (χ3v) is 9.03. The molecule has 0 radical (unpaired) electrons. The zero-order chi connectivity index (χ0) is 28.7. The van der Waals surface area contributed by atoms with Crippen molar-refractivity contribution in [2.45, 2.75) is 84.3 Å². The third kappa shape index (κ3) is 8.85. The number of nitrogens with one attached hydrogen (secondary N) is 1. The van der Waals surface area contributed by atoms with Gasteiger partial charge in [-0.05, 0) is 74.9 Å². The van der Waals surface area contributed by atoms with E-state index < -0.39 is 16.1 Å². The number of hydrogen-bond donors (Lipinski definition) is 1. The largest absolute Gasteiger partial charge is 0.352 e. The molecule has 0 saturated heterocycles. The summed E-state index contributed by atoms with van der Waals surface area (Å²) >= 11 is 12.5. The number of aryl methyl sites for hydroxylation is 2. The van der Waals surface area contributed by atoms with Crippen LogP contribution in [0.4, 0.5) is 5.69 Å². The highest BCUT2D eigenvalue weighted by molar-refractivity contribution is 7.92. The summed E-state index contributed by atoms with van der Waals surface area (Å²) in [5.41, 5.74) is 3.07. The third-order valence-electron chi connectivity index (χ3n) is 7.26. The Kier molecular flexibility index (Phi) is 11.1. The van der Waals surface area contributed by atoms with Crippen LogP contribution in [0.15, 0.2) is 36.4 Å². The lowest BCUT2D eigenvalue weighted by molar-refractivity contribution is -0.141. The maximum Gasteiger partial charge on any atom is 0.242 e. The molecule has 2 aromatic carbocycles. The summed E-state index contributed by atoms with van der Waals surface area (Å²) in [4.78, 5) is 28.3. The summed E-state index contributed by atoms with van der Waals surface area (Å²) in [6.45, 7) is 5.78. The number of sulfonamides is 1. The second-order valence-corrected chi connectivity index (χ2v) is 13.3. The molecule has 0 heterocycles. The molecule has 1 aliphatic carbocycles. The lowest BCUT2D eigenvalue weighted by atomic mass is 9.95. The number of hydrogen-bond acceptors (Lipinski definition) is 4. The van der Waals surface area contributed by atoms with E-state index in [1.165, 1.54) is 21.9 Å². The van der Waals surface area contributed by atoms with E-state index in [-0.39, 0.29) is 37.4 Å². The number of carbonyl (C=O) groups excluding carboxylic acids is 2. The Balaban J connectivity index is 1.77. The first-order chi connectivity index (χ1) is 18.4. The topological polar surface area (TPSA) is 86.8 Å². The van der Waals surface area contributed by atoms with Gasteiger partial charge in [0.25, 0.3) is 0 Å². The normalized spacial score (nSPS) is 15.0. The lowest BCUT2D eigenvalue weighted by Crippen LogP contribution is -2.50. The van der Waals surface area contributed by atoms with Crippen molar-refractivity contribution in [1.82, 2.24) is 10.2 Å². The first-order valence-electron chi connectivity index (χ1n) is 13.5. The van der Waals surface area contributed by atoms with Crippen LogP contribution in [-0.4, -0.2) is 50.0 Å². The molecule has 2 amide bonds. The number of benzene rings is 2. The molecular formula is C29H39Cl2N3O4S. The Bertz CT molecular complexity index is 1280. The predicted octanol–water partition coefficient (Wildman–Crippen LogP) is 6.02. The smallest absolute Gasteiger partial charge is 0.242 e. The summed E-state index contributed by atoms with van der Waals surface area (Å²) in [5, 5.41) is 4.01. The van der Waals surface area contributed by atoms with Crippen LogP contribution in [0.5, 0.6) is 0 Å². The zero-order valence-electron chi connectivity index (χ0n) is 23.2. The Morgan fingerprint density at radius 1 is 1.05 bits per heavy atom. The number of nitrogens with zero attached hydrogens (tertiary/aromatic N) is 2. The minimum atomic E-state index is -3.57. The van der Waals surface area contributed by atoms with Crippen LogP contribution in [-0.2, 0) is 26.2 Å². The van der Waals surface area contributed by atoms with E-state index in [0.29, 0.717) is 27.7 Å². The molecule has 3 rings (SSSR count). The average molecular weight is 597 g/mol. The van der Waals surface area contributed by atoms with Crippen molar-refractivity contribution in [2.24, 2.45) is 0 Å². The van der Waals surface area contributed by atoms with Gasteiger partial charge < -0.3 is 10.2 Å². The standard InChI is InChI=1S/C29H39Cl2N3O4S/c1-20-12-13-21(2)27(17-20)34(39(4,37)38)16-8-11-28(35)33(19-23-14-15-24(30)18-26(23)31)22(3)29(36)32-25-9-6-5-7-10-25/h12-15,17-18,22,25H,5-11,16,19H2,1-4H3,(H,32,36)/t22-/m0/s1. The number of amides is 2. The number of rotatable bonds is 11. The SMILES string of the molecule is Cc1ccc(C)c(N(CCCC(=O)N(Cc2ccc(Cl)cc2Cl)[C@@H](C)C(=O)NC2CCCCC2)S(C)(=O)=O)c1. The summed E-state index contributed by atoms with van der Waals surface area (Å²) in [6.07, 6.45) is 6.75. The van der Waals surface area contributed by atoms with Crippen molar-refractivity contribution < 1.29 is 18.0 Å². The Hall–Kier alpha value is -2.29. The number of anilines is 1. The van der Waals surface area contributed by atoms with Gasteiger partial charge in [0.15, 0.2) is 0 Å². The molecule has 2 aromatic rings. The van der Waals surface area contributed by atoms with Crippen LogP contribution in [0.3, 0.4) is 0 Å². The fourth-order valence-electron chi connectivity index (χ4n) is 4.96. The van der Waals surface area contributed by atoms with E-state index in [1.807, 2.05) is 32.0 Å². The summed E-state index contributed by atoms with van der Waals surface area (Å²) in [7, 11) is -3.57. The highest BCUT2D eigenvalue weighted by Crippen LogP contribution is 2.26. The highest BCUT2D eigenvalue weighted by Gasteiger charge is 2.29. The molecule has 0 aromatic heterocycles. The Morgan fingerprint density at radius 3 is 2.38 bits per heavy atom. The van der Waals surface area contributed by atoms with Gasteiger partial charge in [-0.15, -0.1) is 0 Å². The van der Waals surface area contributed by atoms with Gasteiger partial charge in [0.05, 0.1) is 11.9 Å². The van der Waals surface area contributed by atoms with Gasteiger partial charge in [0.2, 0.25) is 21.8 Å². The first-order valence-corrected chi connectivity index (χ1v) is 16.1. The van der Waals surface area contributed by atoms with Gasteiger partial charge in [-0.25, -0.2) is 8.42 Å². The summed E-state index contributed by atoms with van der Waals surface area (Å²) < 4.78 is 26.6. The van der Waals surface area contributed by atoms with Gasteiger partial charge in [0, 0.05) is 35.6 Å². The number of halogens is 2. The van der Waals surface area contributed by atoms with Crippen molar-refractivity contribution in [2.75, 3.05) is 17.1 Å². The Morgan fingerprint density at radius 2 is 1.74 bits per heavy atom. The van der Waals surface area contributed by atoms with Crippen molar-refractivity contribution >= 4 is 50.7 Å². The maximum absolute atomic E-state index is 13.6. The molecule has 1 fully saturated rings. The molecule has 0 spiro atoms. The fourth-order valence-corrected chi connectivity index (χ4v) is 6.44. The van der Waals surface area contributed by atoms with E-state index in [1.54, 1.807) is 25.1 Å². The van der Waals surface area contributed by atoms with Gasteiger partial charge in [-0.3, -0.25) is 13.9 Å². The van der Waals surface area contributed by atoms with E-state index >= 15 is 0 Å². The second kappa shape index (κ2) is 13.9. The molecule has 10 heteroatoms. The van der Waals surface area contributed by atoms with E-state index in [2.05, 4.69) is 5.32 Å². The van der Waals surface area contributed by atoms with Crippen LogP contribution >= 0.6 is 23.2 Å². The molecule has 0 unspecified atom stereocenters. The second-order valence-electron chi connectivity index (χ2n) is 10.5. The zero-order valence-corrected chi connectivity index (χ0v) is 25.5. The van der Waals surface area contributed by atoms with Crippen LogP contribution in [0.25, 0.3) is 0 Å². The van der Waals surface area contributed by atoms with Crippen LogP contribution < -0.4 is 9.62 Å². The van der Waals surface area contributed by atoms with Crippen LogP contribution in [0.2, 0.25) is 10.0 Å². The Labute approximate surface area is 242 Å².